The molecule has 0 bridgehead atoms. The molecule has 0 atom stereocenters. The van der Waals surface area contributed by atoms with E-state index in [1.807, 2.05) is 0 Å². The molecule has 0 unspecified atom stereocenters. The Labute approximate surface area is 352 Å². The zero-order valence-electron chi connectivity index (χ0n) is 32.4. The van der Waals surface area contributed by atoms with E-state index in [0.717, 1.165) is 27.5 Å². The number of benzene rings is 11. The third-order valence-electron chi connectivity index (χ3n) is 12.7. The fourth-order valence-electron chi connectivity index (χ4n) is 10.2. The van der Waals surface area contributed by atoms with Gasteiger partial charge in [0.05, 0.1) is 0 Å². The zero-order chi connectivity index (χ0) is 39.3. The van der Waals surface area contributed by atoms with Crippen LogP contribution in [0.3, 0.4) is 0 Å². The number of fused-ring (bicyclic) bond motifs is 10. The van der Waals surface area contributed by atoms with Gasteiger partial charge >= 0.3 is 342 Å². The molecular formula is C58H34OSe. The quantitative estimate of drug-likeness (QED) is 0.127. The molecular weight excluding hydrogens is 792 g/mol. The standard InChI is InChI=1S/C58H34OSe/c1-2-17-35(18-3-1)52-37-20-4-6-22-39(37)55(40-23-7-5-21-38(40)52)48-31-15-32-49-56-46(29-16-34-51(56)60-58(48)49)53-41-24-8-10-26-43(41)54(44-27-11-9-25-42(44)53)47-30-14-28-45-36-19-12-13-33-50(36)59-57(45)47/h1-34H. The average Bonchev–Trinajstić information content (AvgIpc) is 3.90. The molecule has 0 spiro atoms. The van der Waals surface area contributed by atoms with Gasteiger partial charge in [0.15, 0.2) is 0 Å². The molecule has 0 amide bonds. The molecule has 0 radical (unpaired) electrons. The van der Waals surface area contributed by atoms with Crippen LogP contribution in [0.2, 0.25) is 0 Å². The van der Waals surface area contributed by atoms with E-state index in [1.54, 1.807) is 0 Å². The molecule has 60 heavy (non-hydrogen) atoms. The van der Waals surface area contributed by atoms with Crippen LogP contribution in [0.25, 0.3) is 129 Å². The van der Waals surface area contributed by atoms with Crippen LogP contribution in [0.4, 0.5) is 0 Å². The summed E-state index contributed by atoms with van der Waals surface area (Å²) in [5, 5.41) is 15.1. The zero-order valence-corrected chi connectivity index (χ0v) is 34.2. The fourth-order valence-corrected chi connectivity index (χ4v) is 12.9. The second-order valence-corrected chi connectivity index (χ2v) is 18.0. The summed E-state index contributed by atoms with van der Waals surface area (Å²) in [5.41, 5.74) is 12.0. The maximum atomic E-state index is 6.68. The van der Waals surface area contributed by atoms with Gasteiger partial charge in [-0.05, 0) is 0 Å². The summed E-state index contributed by atoms with van der Waals surface area (Å²) >= 11 is 0.0973. The van der Waals surface area contributed by atoms with Crippen LogP contribution < -0.4 is 0 Å². The Morgan fingerprint density at radius 3 is 1.30 bits per heavy atom. The minimum absolute atomic E-state index is 0.0973. The second-order valence-electron chi connectivity index (χ2n) is 15.8. The molecule has 2 heterocycles. The van der Waals surface area contributed by atoms with Crippen LogP contribution in [0, 0.1) is 0 Å². The molecule has 13 rings (SSSR count). The van der Waals surface area contributed by atoms with E-state index in [-0.39, 0.29) is 14.5 Å². The SMILES string of the molecule is c1ccc(-c2c3ccccc3c(-c3cccc4c3[se]c3cccc(-c5c6ccccc6c(-c6cccc7c6oc6ccccc67)c6ccccc56)c34)c3ccccc23)cc1. The summed E-state index contributed by atoms with van der Waals surface area (Å²) in [6.07, 6.45) is 0. The van der Waals surface area contributed by atoms with E-state index in [9.17, 15) is 0 Å². The van der Waals surface area contributed by atoms with E-state index < -0.39 is 0 Å². The van der Waals surface area contributed by atoms with E-state index in [4.69, 9.17) is 4.42 Å². The molecule has 0 saturated carbocycles. The van der Waals surface area contributed by atoms with Crippen molar-refractivity contribution in [2.45, 2.75) is 0 Å². The molecule has 2 heteroatoms. The number of hydrogen-bond donors (Lipinski definition) is 0. The van der Waals surface area contributed by atoms with Gasteiger partial charge in [-0.25, -0.2) is 0 Å². The van der Waals surface area contributed by atoms with E-state index in [2.05, 4.69) is 206 Å². The number of rotatable bonds is 4. The topological polar surface area (TPSA) is 13.1 Å². The van der Waals surface area contributed by atoms with Gasteiger partial charge < -0.3 is 0 Å². The summed E-state index contributed by atoms with van der Waals surface area (Å²) in [6.45, 7) is 0. The van der Waals surface area contributed by atoms with Crippen molar-refractivity contribution < 1.29 is 4.42 Å². The molecule has 13 aromatic rings. The van der Waals surface area contributed by atoms with Crippen molar-refractivity contribution in [3.05, 3.63) is 206 Å². The summed E-state index contributed by atoms with van der Waals surface area (Å²) < 4.78 is 9.57. The minimum atomic E-state index is 0.0973. The van der Waals surface area contributed by atoms with Crippen molar-refractivity contribution in [3.8, 4) is 44.5 Å². The van der Waals surface area contributed by atoms with Crippen LogP contribution in [0.1, 0.15) is 0 Å². The normalized spacial score (nSPS) is 12.0. The Morgan fingerprint density at radius 2 is 0.700 bits per heavy atom. The molecule has 2 aromatic heterocycles. The number of furan rings is 1. The first-order valence-electron chi connectivity index (χ1n) is 20.6. The summed E-state index contributed by atoms with van der Waals surface area (Å²) in [7, 11) is 0. The Morgan fingerprint density at radius 1 is 0.283 bits per heavy atom. The van der Waals surface area contributed by atoms with Crippen molar-refractivity contribution in [1.82, 2.24) is 0 Å². The third kappa shape index (κ3) is 4.81. The molecule has 1 nitrogen and oxygen atoms in total. The molecule has 0 saturated heterocycles. The third-order valence-corrected chi connectivity index (χ3v) is 15.2. The first-order chi connectivity index (χ1) is 29.8. The Hall–Kier alpha value is -7.22. The average molecular weight is 826 g/mol. The molecule has 0 fully saturated rings. The van der Waals surface area contributed by atoms with Crippen LogP contribution in [-0.4, -0.2) is 14.5 Å². The van der Waals surface area contributed by atoms with Crippen molar-refractivity contribution in [1.29, 1.82) is 0 Å². The second kappa shape index (κ2) is 13.1. The Balaban J connectivity index is 1.11. The number of hydrogen-bond acceptors (Lipinski definition) is 1. The van der Waals surface area contributed by atoms with Crippen molar-refractivity contribution in [2.75, 3.05) is 0 Å². The molecule has 0 aliphatic rings. The van der Waals surface area contributed by atoms with Gasteiger partial charge in [-0.3, -0.25) is 0 Å². The summed E-state index contributed by atoms with van der Waals surface area (Å²) in [6, 6.07) is 76.0. The predicted molar refractivity (Wildman–Crippen MR) is 257 cm³/mol. The van der Waals surface area contributed by atoms with E-state index in [1.165, 1.54) is 101 Å². The molecule has 0 aliphatic heterocycles. The van der Waals surface area contributed by atoms with Crippen molar-refractivity contribution in [2.24, 2.45) is 0 Å². The van der Waals surface area contributed by atoms with E-state index >= 15 is 0 Å². The summed E-state index contributed by atoms with van der Waals surface area (Å²) in [4.78, 5) is 0. The van der Waals surface area contributed by atoms with Gasteiger partial charge in [0.2, 0.25) is 0 Å². The molecule has 0 N–H and O–H groups in total. The Kier molecular flexibility index (Phi) is 7.39. The van der Waals surface area contributed by atoms with Crippen LogP contribution in [0.15, 0.2) is 211 Å². The van der Waals surface area contributed by atoms with Gasteiger partial charge in [-0.2, -0.15) is 0 Å². The van der Waals surface area contributed by atoms with Crippen molar-refractivity contribution >= 4 is 98.8 Å². The Bertz CT molecular complexity index is 3770. The van der Waals surface area contributed by atoms with Crippen molar-refractivity contribution in [3.63, 3.8) is 0 Å². The van der Waals surface area contributed by atoms with Gasteiger partial charge in [0.1, 0.15) is 0 Å². The van der Waals surface area contributed by atoms with Crippen LogP contribution in [-0.2, 0) is 0 Å². The van der Waals surface area contributed by atoms with Gasteiger partial charge in [-0.1, -0.05) is 12.1 Å². The number of para-hydroxylation sites is 2. The predicted octanol–water partition coefficient (Wildman–Crippen LogP) is 16.2. The molecule has 11 aromatic carbocycles. The van der Waals surface area contributed by atoms with Gasteiger partial charge in [0, 0.05) is 0 Å². The van der Waals surface area contributed by atoms with Gasteiger partial charge in [0.25, 0.3) is 0 Å². The molecule has 0 aliphatic carbocycles. The van der Waals surface area contributed by atoms with Crippen LogP contribution in [0.5, 0.6) is 0 Å². The molecule has 278 valence electrons. The maximum absolute atomic E-state index is 6.68. The monoisotopic (exact) mass is 826 g/mol. The fraction of sp³-hybridized carbons (Fsp3) is 0. The summed E-state index contributed by atoms with van der Waals surface area (Å²) in [5.74, 6) is 0. The first-order valence-corrected chi connectivity index (χ1v) is 22.3. The van der Waals surface area contributed by atoms with Crippen LogP contribution >= 0.6 is 0 Å². The first kappa shape index (κ1) is 33.7. The van der Waals surface area contributed by atoms with Gasteiger partial charge in [-0.15, -0.1) is 0 Å². The van der Waals surface area contributed by atoms with E-state index in [0.29, 0.717) is 0 Å².